The summed E-state index contributed by atoms with van der Waals surface area (Å²) in [6, 6.07) is 3.12. The summed E-state index contributed by atoms with van der Waals surface area (Å²) in [5, 5.41) is 25.5. The molecule has 0 aliphatic rings. The van der Waals surface area contributed by atoms with Gasteiger partial charge in [0.2, 0.25) is 0 Å². The SMILES string of the molecule is COC(=O)c1ccc([N+](=O)[O-])cc1-c1no[n+]([O-])c1C(N)=O. The largest absolute Gasteiger partial charge is 0.465 e. The van der Waals surface area contributed by atoms with Gasteiger partial charge < -0.3 is 15.7 Å². The molecule has 1 amide bonds. The molecule has 0 radical (unpaired) electrons. The van der Waals surface area contributed by atoms with Crippen molar-refractivity contribution in [3.63, 3.8) is 0 Å². The molecular formula is C11H8N4O7. The van der Waals surface area contributed by atoms with Gasteiger partial charge in [0, 0.05) is 17.3 Å². The van der Waals surface area contributed by atoms with Crippen LogP contribution in [-0.4, -0.2) is 29.1 Å². The number of aromatic nitrogens is 2. The van der Waals surface area contributed by atoms with Crippen molar-refractivity contribution in [1.82, 2.24) is 5.16 Å². The van der Waals surface area contributed by atoms with Gasteiger partial charge in [-0.25, -0.2) is 4.79 Å². The van der Waals surface area contributed by atoms with Crippen molar-refractivity contribution in [3.8, 4) is 11.3 Å². The number of carbonyl (C=O) groups is 2. The van der Waals surface area contributed by atoms with Gasteiger partial charge in [-0.3, -0.25) is 19.5 Å². The van der Waals surface area contributed by atoms with E-state index >= 15 is 0 Å². The minimum absolute atomic E-state index is 0.149. The molecule has 11 nitrogen and oxygen atoms in total. The fraction of sp³-hybridized carbons (Fsp3) is 0.0909. The molecule has 1 aromatic carbocycles. The van der Waals surface area contributed by atoms with Crippen LogP contribution in [0.3, 0.4) is 0 Å². The highest BCUT2D eigenvalue weighted by molar-refractivity contribution is 6.01. The van der Waals surface area contributed by atoms with Crippen LogP contribution in [0.4, 0.5) is 5.69 Å². The molecule has 22 heavy (non-hydrogen) atoms. The lowest BCUT2D eigenvalue weighted by Gasteiger charge is -2.04. The first-order valence-electron chi connectivity index (χ1n) is 5.63. The standard InChI is InChI=1S/C11H8N4O7/c1-21-11(17)6-3-2-5(14(18)19)4-7(6)8-9(10(12)16)15(20)22-13-8/h2-4H,1H3,(H2,12,16). The van der Waals surface area contributed by atoms with Crippen molar-refractivity contribution in [2.45, 2.75) is 0 Å². The van der Waals surface area contributed by atoms with Crippen LogP contribution in [0, 0.1) is 15.3 Å². The first-order valence-corrected chi connectivity index (χ1v) is 5.63. The van der Waals surface area contributed by atoms with Gasteiger partial charge in [0.05, 0.1) is 23.2 Å². The van der Waals surface area contributed by atoms with Crippen LogP contribution in [-0.2, 0) is 4.74 Å². The van der Waals surface area contributed by atoms with Crippen molar-refractivity contribution < 1.29 is 28.8 Å². The molecule has 2 rings (SSSR count). The van der Waals surface area contributed by atoms with Gasteiger partial charge in [0.25, 0.3) is 23.0 Å². The predicted octanol–water partition coefficient (Wildman–Crippen LogP) is -0.231. The molecule has 114 valence electrons. The summed E-state index contributed by atoms with van der Waals surface area (Å²) >= 11 is 0. The van der Waals surface area contributed by atoms with Gasteiger partial charge in [-0.2, -0.15) is 0 Å². The predicted molar refractivity (Wildman–Crippen MR) is 67.4 cm³/mol. The number of rotatable bonds is 4. The maximum Gasteiger partial charge on any atom is 0.338 e. The van der Waals surface area contributed by atoms with E-state index in [0.29, 0.717) is 0 Å². The van der Waals surface area contributed by atoms with Gasteiger partial charge >= 0.3 is 5.97 Å². The van der Waals surface area contributed by atoms with Crippen LogP contribution in [0.2, 0.25) is 0 Å². The van der Waals surface area contributed by atoms with Crippen molar-refractivity contribution in [1.29, 1.82) is 0 Å². The average Bonchev–Trinajstić information content (AvgIpc) is 2.87. The Balaban J connectivity index is 2.77. The lowest BCUT2D eigenvalue weighted by molar-refractivity contribution is -0.803. The highest BCUT2D eigenvalue weighted by Gasteiger charge is 2.31. The number of hydrogen-bond acceptors (Lipinski definition) is 8. The minimum Gasteiger partial charge on any atom is -0.465 e. The summed E-state index contributed by atoms with van der Waals surface area (Å²) in [7, 11) is 1.10. The van der Waals surface area contributed by atoms with E-state index in [9.17, 15) is 24.9 Å². The van der Waals surface area contributed by atoms with Gasteiger partial charge in [-0.1, -0.05) is 0 Å². The Labute approximate surface area is 121 Å². The third-order valence-electron chi connectivity index (χ3n) is 2.72. The minimum atomic E-state index is -1.17. The van der Waals surface area contributed by atoms with Crippen molar-refractivity contribution in [2.24, 2.45) is 5.73 Å². The second-order valence-corrected chi connectivity index (χ2v) is 3.97. The molecule has 11 heteroatoms. The summed E-state index contributed by atoms with van der Waals surface area (Å²) < 4.78 is 8.81. The molecule has 0 atom stereocenters. The van der Waals surface area contributed by atoms with Crippen molar-refractivity contribution in [3.05, 3.63) is 44.8 Å². The second-order valence-electron chi connectivity index (χ2n) is 3.97. The lowest BCUT2D eigenvalue weighted by Crippen LogP contribution is -2.34. The Kier molecular flexibility index (Phi) is 3.71. The maximum absolute atomic E-state index is 11.7. The number of benzene rings is 1. The van der Waals surface area contributed by atoms with Crippen molar-refractivity contribution >= 4 is 17.6 Å². The number of primary amides is 1. The van der Waals surface area contributed by atoms with Crippen LogP contribution in [0.25, 0.3) is 11.3 Å². The maximum atomic E-state index is 11.7. The van der Waals surface area contributed by atoms with Crippen LogP contribution in [0.5, 0.6) is 0 Å². The Morgan fingerprint density at radius 2 is 2.14 bits per heavy atom. The molecule has 0 saturated heterocycles. The smallest absolute Gasteiger partial charge is 0.338 e. The number of nitro benzene ring substituents is 1. The second kappa shape index (κ2) is 5.47. The Hall–Kier alpha value is -3.50. The third kappa shape index (κ3) is 2.42. The lowest BCUT2D eigenvalue weighted by atomic mass is 10.0. The molecule has 0 spiro atoms. The van der Waals surface area contributed by atoms with Crippen LogP contribution in [0.1, 0.15) is 20.8 Å². The number of nitro groups is 1. The van der Waals surface area contributed by atoms with E-state index in [2.05, 4.69) is 14.5 Å². The number of amides is 1. The summed E-state index contributed by atoms with van der Waals surface area (Å²) in [5.41, 5.74) is 3.23. The zero-order chi connectivity index (χ0) is 16.4. The third-order valence-corrected chi connectivity index (χ3v) is 2.72. The van der Waals surface area contributed by atoms with Crippen LogP contribution >= 0.6 is 0 Å². The molecular weight excluding hydrogens is 300 g/mol. The highest BCUT2D eigenvalue weighted by atomic mass is 16.8. The molecule has 0 unspecified atom stereocenters. The van der Waals surface area contributed by atoms with E-state index in [-0.39, 0.29) is 16.0 Å². The summed E-state index contributed by atoms with van der Waals surface area (Å²) in [6.07, 6.45) is 0. The van der Waals surface area contributed by atoms with Gasteiger partial charge in [-0.15, -0.1) is 0 Å². The highest BCUT2D eigenvalue weighted by Crippen LogP contribution is 2.28. The molecule has 0 aliphatic heterocycles. The number of ether oxygens (including phenoxy) is 1. The number of nitrogens with zero attached hydrogens (tertiary/aromatic N) is 3. The Morgan fingerprint density at radius 3 is 2.68 bits per heavy atom. The van der Waals surface area contributed by atoms with E-state index in [1.165, 1.54) is 0 Å². The van der Waals surface area contributed by atoms with Gasteiger partial charge in [0.15, 0.2) is 0 Å². The topological polar surface area (TPSA) is 166 Å². The van der Waals surface area contributed by atoms with Gasteiger partial charge in [-0.05, 0) is 11.0 Å². The molecule has 0 fully saturated rings. The number of esters is 1. The molecule has 0 bridgehead atoms. The number of carbonyl (C=O) groups excluding carboxylic acids is 2. The molecule has 1 aromatic heterocycles. The van der Waals surface area contributed by atoms with Crippen LogP contribution in [0.15, 0.2) is 22.8 Å². The zero-order valence-corrected chi connectivity index (χ0v) is 11.0. The van der Waals surface area contributed by atoms with E-state index in [1.807, 2.05) is 0 Å². The van der Waals surface area contributed by atoms with E-state index in [1.54, 1.807) is 0 Å². The molecule has 2 aromatic rings. The number of non-ortho nitro benzene ring substituents is 1. The molecule has 0 saturated carbocycles. The number of methoxy groups -OCH3 is 1. The first-order chi connectivity index (χ1) is 10.4. The first kappa shape index (κ1) is 14.9. The fourth-order valence-electron chi connectivity index (χ4n) is 1.76. The van der Waals surface area contributed by atoms with E-state index in [4.69, 9.17) is 5.73 Å². The Morgan fingerprint density at radius 1 is 1.45 bits per heavy atom. The molecule has 1 heterocycles. The Bertz CT molecular complexity index is 783. The zero-order valence-electron chi connectivity index (χ0n) is 11.0. The van der Waals surface area contributed by atoms with Crippen LogP contribution < -0.4 is 10.6 Å². The quantitative estimate of drug-likeness (QED) is 0.350. The molecule has 0 aliphatic carbocycles. The summed E-state index contributed by atoms with van der Waals surface area (Å²) in [5.74, 6) is -2.02. The average molecular weight is 308 g/mol. The number of hydrogen-bond donors (Lipinski definition) is 1. The summed E-state index contributed by atoms with van der Waals surface area (Å²) in [6.45, 7) is 0. The summed E-state index contributed by atoms with van der Waals surface area (Å²) in [4.78, 5) is 32.9. The number of nitrogens with two attached hydrogens (primary N) is 1. The monoisotopic (exact) mass is 308 g/mol. The van der Waals surface area contributed by atoms with E-state index in [0.717, 1.165) is 25.3 Å². The van der Waals surface area contributed by atoms with Crippen molar-refractivity contribution in [2.75, 3.05) is 7.11 Å². The van der Waals surface area contributed by atoms with E-state index < -0.39 is 33.9 Å². The molecule has 2 N–H and O–H groups in total. The fourth-order valence-corrected chi connectivity index (χ4v) is 1.76. The normalized spacial score (nSPS) is 10.2. The van der Waals surface area contributed by atoms with Gasteiger partial charge in [0.1, 0.15) is 0 Å².